The SMILES string of the molecule is CCn1nc(-c2ccc(S(C)(=O)=O)c(N(C)C)c2C)c(C=O)c1O. The van der Waals surface area contributed by atoms with Crippen LogP contribution in [0.4, 0.5) is 5.69 Å². The number of anilines is 1. The number of carbonyl (C=O) groups excluding carboxylic acids is 1. The molecule has 0 aliphatic carbocycles. The minimum Gasteiger partial charge on any atom is -0.493 e. The lowest BCUT2D eigenvalue weighted by Crippen LogP contribution is -2.15. The Balaban J connectivity index is 2.84. The second-order valence-electron chi connectivity index (χ2n) is 5.77. The molecule has 0 saturated heterocycles. The van der Waals surface area contributed by atoms with Crippen LogP contribution in [0.2, 0.25) is 0 Å². The number of aromatic hydroxyl groups is 1. The van der Waals surface area contributed by atoms with Crippen molar-refractivity contribution in [3.05, 3.63) is 23.3 Å². The third-order valence-electron chi connectivity index (χ3n) is 3.87. The van der Waals surface area contributed by atoms with Crippen LogP contribution >= 0.6 is 0 Å². The number of nitrogens with zero attached hydrogens (tertiary/aromatic N) is 3. The van der Waals surface area contributed by atoms with Gasteiger partial charge in [0.05, 0.1) is 10.6 Å². The van der Waals surface area contributed by atoms with E-state index in [0.717, 1.165) is 6.26 Å². The first kappa shape index (κ1) is 18.0. The Labute approximate surface area is 141 Å². The van der Waals surface area contributed by atoms with E-state index in [4.69, 9.17) is 0 Å². The monoisotopic (exact) mass is 351 g/mol. The normalized spacial score (nSPS) is 11.5. The van der Waals surface area contributed by atoms with Crippen LogP contribution in [0.15, 0.2) is 17.0 Å². The summed E-state index contributed by atoms with van der Waals surface area (Å²) in [5.41, 5.74) is 2.25. The molecule has 0 unspecified atom stereocenters. The molecule has 0 radical (unpaired) electrons. The topological polar surface area (TPSA) is 92.5 Å². The summed E-state index contributed by atoms with van der Waals surface area (Å²) >= 11 is 0. The zero-order valence-electron chi connectivity index (χ0n) is 14.4. The van der Waals surface area contributed by atoms with E-state index in [1.165, 1.54) is 10.7 Å². The number of rotatable bonds is 5. The van der Waals surface area contributed by atoms with Gasteiger partial charge in [-0.05, 0) is 25.5 Å². The van der Waals surface area contributed by atoms with Gasteiger partial charge in [0.15, 0.2) is 16.1 Å². The van der Waals surface area contributed by atoms with Gasteiger partial charge in [0.25, 0.3) is 0 Å². The first-order chi connectivity index (χ1) is 11.1. The second kappa shape index (κ2) is 6.27. The van der Waals surface area contributed by atoms with Crippen LogP contribution in [-0.2, 0) is 16.4 Å². The number of aldehydes is 1. The summed E-state index contributed by atoms with van der Waals surface area (Å²) in [5, 5.41) is 14.4. The summed E-state index contributed by atoms with van der Waals surface area (Å²) in [6.45, 7) is 3.99. The molecule has 1 N–H and O–H groups in total. The summed E-state index contributed by atoms with van der Waals surface area (Å²) in [5.74, 6) is -0.194. The van der Waals surface area contributed by atoms with Crippen LogP contribution in [-0.4, -0.2) is 49.9 Å². The Hall–Kier alpha value is -2.35. The van der Waals surface area contributed by atoms with Crippen molar-refractivity contribution in [2.45, 2.75) is 25.3 Å². The summed E-state index contributed by atoms with van der Waals surface area (Å²) < 4.78 is 25.4. The molecule has 2 rings (SSSR count). The predicted molar refractivity (Wildman–Crippen MR) is 92.6 cm³/mol. The fraction of sp³-hybridized carbons (Fsp3) is 0.375. The van der Waals surface area contributed by atoms with Crippen LogP contribution in [0.25, 0.3) is 11.3 Å². The van der Waals surface area contributed by atoms with E-state index in [9.17, 15) is 18.3 Å². The zero-order valence-corrected chi connectivity index (χ0v) is 15.2. The lowest BCUT2D eigenvalue weighted by molar-refractivity contribution is 0.112. The van der Waals surface area contributed by atoms with Crippen LogP contribution in [0.5, 0.6) is 5.88 Å². The first-order valence-corrected chi connectivity index (χ1v) is 9.28. The molecular weight excluding hydrogens is 330 g/mol. The van der Waals surface area contributed by atoms with Crippen molar-refractivity contribution in [1.29, 1.82) is 0 Å². The maximum Gasteiger partial charge on any atom is 0.220 e. The zero-order chi connectivity index (χ0) is 18.2. The highest BCUT2D eigenvalue weighted by atomic mass is 32.2. The van der Waals surface area contributed by atoms with Gasteiger partial charge in [0.1, 0.15) is 11.3 Å². The van der Waals surface area contributed by atoms with Crippen molar-refractivity contribution in [3.63, 3.8) is 0 Å². The van der Waals surface area contributed by atoms with Gasteiger partial charge in [-0.15, -0.1) is 0 Å². The van der Waals surface area contributed by atoms with Gasteiger partial charge in [-0.25, -0.2) is 13.1 Å². The van der Waals surface area contributed by atoms with Gasteiger partial charge in [-0.2, -0.15) is 5.10 Å². The van der Waals surface area contributed by atoms with E-state index in [2.05, 4.69) is 5.10 Å². The number of carbonyl (C=O) groups is 1. The first-order valence-electron chi connectivity index (χ1n) is 7.39. The largest absolute Gasteiger partial charge is 0.493 e. The van der Waals surface area contributed by atoms with Crippen LogP contribution < -0.4 is 4.90 Å². The third-order valence-corrected chi connectivity index (χ3v) is 5.00. The van der Waals surface area contributed by atoms with Gasteiger partial charge in [0.2, 0.25) is 5.88 Å². The molecule has 0 aliphatic rings. The lowest BCUT2D eigenvalue weighted by atomic mass is 10.0. The highest BCUT2D eigenvalue weighted by molar-refractivity contribution is 7.90. The molecule has 0 saturated carbocycles. The number of hydrogen-bond acceptors (Lipinski definition) is 6. The van der Waals surface area contributed by atoms with E-state index in [1.54, 1.807) is 38.9 Å². The Kier molecular flexibility index (Phi) is 4.70. The Morgan fingerprint density at radius 2 is 1.96 bits per heavy atom. The van der Waals surface area contributed by atoms with Crippen molar-refractivity contribution in [2.75, 3.05) is 25.3 Å². The summed E-state index contributed by atoms with van der Waals surface area (Å²) in [6, 6.07) is 3.12. The third kappa shape index (κ3) is 2.89. The molecule has 1 heterocycles. The Morgan fingerprint density at radius 1 is 1.33 bits per heavy atom. The highest BCUT2D eigenvalue weighted by Crippen LogP contribution is 2.37. The number of hydrogen-bond donors (Lipinski definition) is 1. The van der Waals surface area contributed by atoms with Gasteiger partial charge in [0, 0.05) is 32.5 Å². The number of aromatic nitrogens is 2. The molecule has 8 heteroatoms. The molecule has 0 fully saturated rings. The maximum absolute atomic E-state index is 12.0. The van der Waals surface area contributed by atoms with Gasteiger partial charge in [-0.3, -0.25) is 4.79 Å². The highest BCUT2D eigenvalue weighted by Gasteiger charge is 2.24. The molecule has 24 heavy (non-hydrogen) atoms. The number of benzene rings is 1. The van der Waals surface area contributed by atoms with Crippen molar-refractivity contribution < 1.29 is 18.3 Å². The minimum atomic E-state index is -3.41. The molecule has 2 aromatic rings. The van der Waals surface area contributed by atoms with E-state index < -0.39 is 9.84 Å². The Bertz CT molecular complexity index is 899. The smallest absolute Gasteiger partial charge is 0.220 e. The van der Waals surface area contributed by atoms with Crippen LogP contribution in [0.1, 0.15) is 22.8 Å². The summed E-state index contributed by atoms with van der Waals surface area (Å²) in [4.78, 5) is 13.3. The molecule has 0 atom stereocenters. The van der Waals surface area contributed by atoms with E-state index in [1.807, 2.05) is 0 Å². The summed E-state index contributed by atoms with van der Waals surface area (Å²) in [6.07, 6.45) is 1.71. The van der Waals surface area contributed by atoms with Gasteiger partial charge < -0.3 is 10.0 Å². The van der Waals surface area contributed by atoms with E-state index in [0.29, 0.717) is 35.3 Å². The van der Waals surface area contributed by atoms with Crippen LogP contribution in [0.3, 0.4) is 0 Å². The van der Waals surface area contributed by atoms with E-state index >= 15 is 0 Å². The quantitative estimate of drug-likeness (QED) is 0.827. The number of aryl methyl sites for hydroxylation is 1. The van der Waals surface area contributed by atoms with Crippen molar-refractivity contribution in [1.82, 2.24) is 9.78 Å². The average Bonchev–Trinajstić information content (AvgIpc) is 2.81. The lowest BCUT2D eigenvalue weighted by Gasteiger charge is -2.21. The molecule has 0 aliphatic heterocycles. The molecule has 0 amide bonds. The Morgan fingerprint density at radius 3 is 2.42 bits per heavy atom. The maximum atomic E-state index is 12.0. The summed E-state index contributed by atoms with van der Waals surface area (Å²) in [7, 11) is 0.0976. The molecule has 0 bridgehead atoms. The predicted octanol–water partition coefficient (Wildman–Crippen LogP) is 1.87. The van der Waals surface area contributed by atoms with E-state index in [-0.39, 0.29) is 16.3 Å². The van der Waals surface area contributed by atoms with Gasteiger partial charge >= 0.3 is 0 Å². The van der Waals surface area contributed by atoms with Crippen molar-refractivity contribution in [2.24, 2.45) is 0 Å². The standard InChI is InChI=1S/C16H21N3O4S/c1-6-19-16(21)12(9-20)14(17-19)11-7-8-13(24(5,22)23)15(10(11)2)18(3)4/h7-9,21H,6H2,1-5H3. The fourth-order valence-electron chi connectivity index (χ4n) is 2.78. The van der Waals surface area contributed by atoms with Crippen LogP contribution in [0, 0.1) is 6.92 Å². The minimum absolute atomic E-state index is 0.0942. The van der Waals surface area contributed by atoms with Crippen molar-refractivity contribution >= 4 is 21.8 Å². The molecular formula is C16H21N3O4S. The molecule has 1 aromatic heterocycles. The average molecular weight is 351 g/mol. The second-order valence-corrected chi connectivity index (χ2v) is 7.76. The fourth-order valence-corrected chi connectivity index (χ4v) is 3.78. The van der Waals surface area contributed by atoms with Crippen molar-refractivity contribution in [3.8, 4) is 17.1 Å². The van der Waals surface area contributed by atoms with Gasteiger partial charge in [-0.1, -0.05) is 6.07 Å². The molecule has 0 spiro atoms. The molecule has 1 aromatic carbocycles. The number of sulfone groups is 1. The molecule has 7 nitrogen and oxygen atoms in total. The molecule has 130 valence electrons.